The number of amides is 2. The topological polar surface area (TPSA) is 62.3 Å². The molecule has 2 fully saturated rings. The lowest BCUT2D eigenvalue weighted by molar-refractivity contribution is -0.148. The highest BCUT2D eigenvalue weighted by Crippen LogP contribution is 2.31. The molecule has 2 unspecified atom stereocenters. The number of benzene rings is 1. The van der Waals surface area contributed by atoms with Gasteiger partial charge in [-0.1, -0.05) is 0 Å². The Morgan fingerprint density at radius 1 is 1.10 bits per heavy atom. The molecule has 0 spiro atoms. The van der Waals surface area contributed by atoms with Gasteiger partial charge in [-0.05, 0) is 76.4 Å². The Bertz CT molecular complexity index is 796. The van der Waals surface area contributed by atoms with Gasteiger partial charge in [0.15, 0.2) is 0 Å². The van der Waals surface area contributed by atoms with Crippen molar-refractivity contribution in [3.05, 3.63) is 23.8 Å². The third-order valence-corrected chi connectivity index (χ3v) is 6.73. The minimum atomic E-state index is 0.0621. The van der Waals surface area contributed by atoms with E-state index < -0.39 is 0 Å². The number of aryl methyl sites for hydroxylation is 1. The molecule has 1 aromatic carbocycles. The minimum absolute atomic E-state index is 0.0621. The Kier molecular flexibility index (Phi) is 6.82. The first-order valence-electron chi connectivity index (χ1n) is 11.6. The number of carbonyl (C=O) groups excluding carboxylic acids is 2. The number of rotatable bonds is 4. The van der Waals surface area contributed by atoms with E-state index >= 15 is 0 Å². The van der Waals surface area contributed by atoms with Gasteiger partial charge in [0, 0.05) is 31.2 Å². The van der Waals surface area contributed by atoms with Crippen LogP contribution in [0.2, 0.25) is 0 Å². The molecular weight excluding hydrogens is 394 g/mol. The molecule has 4 rings (SSSR count). The van der Waals surface area contributed by atoms with E-state index in [0.717, 1.165) is 56.8 Å². The van der Waals surface area contributed by atoms with Crippen LogP contribution in [0, 0.1) is 5.92 Å². The van der Waals surface area contributed by atoms with Gasteiger partial charge in [-0.3, -0.25) is 14.5 Å². The van der Waals surface area contributed by atoms with Gasteiger partial charge in [0.1, 0.15) is 5.75 Å². The zero-order valence-electron chi connectivity index (χ0n) is 19.0. The number of morpholine rings is 1. The molecule has 3 aliphatic heterocycles. The smallest absolute Gasteiger partial charge is 0.241 e. The van der Waals surface area contributed by atoms with E-state index in [9.17, 15) is 9.59 Å². The van der Waals surface area contributed by atoms with Crippen molar-refractivity contribution >= 4 is 17.5 Å². The van der Waals surface area contributed by atoms with E-state index in [0.29, 0.717) is 19.6 Å². The van der Waals surface area contributed by atoms with Crippen LogP contribution in [-0.2, 0) is 20.7 Å². The lowest BCUT2D eigenvalue weighted by atomic mass is 9.94. The van der Waals surface area contributed by atoms with Gasteiger partial charge in [-0.2, -0.15) is 0 Å². The number of hydrogen-bond donors (Lipinski definition) is 0. The van der Waals surface area contributed by atoms with Crippen LogP contribution in [-0.4, -0.2) is 80.2 Å². The van der Waals surface area contributed by atoms with E-state index in [4.69, 9.17) is 9.47 Å². The van der Waals surface area contributed by atoms with Crippen molar-refractivity contribution in [3.63, 3.8) is 0 Å². The third-order valence-electron chi connectivity index (χ3n) is 6.73. The molecule has 0 radical (unpaired) electrons. The fourth-order valence-electron chi connectivity index (χ4n) is 5.19. The van der Waals surface area contributed by atoms with Gasteiger partial charge in [0.05, 0.1) is 25.9 Å². The van der Waals surface area contributed by atoms with Crippen molar-refractivity contribution in [2.24, 2.45) is 5.92 Å². The summed E-state index contributed by atoms with van der Waals surface area (Å²) in [5, 5.41) is 0. The predicted molar refractivity (Wildman–Crippen MR) is 119 cm³/mol. The zero-order chi connectivity index (χ0) is 22.0. The second kappa shape index (κ2) is 9.57. The van der Waals surface area contributed by atoms with Crippen molar-refractivity contribution in [2.75, 3.05) is 51.3 Å². The molecule has 2 atom stereocenters. The molecule has 2 saturated heterocycles. The summed E-state index contributed by atoms with van der Waals surface area (Å²) in [6, 6.07) is 5.97. The largest absolute Gasteiger partial charge is 0.497 e. The summed E-state index contributed by atoms with van der Waals surface area (Å²) in [7, 11) is 1.67. The fraction of sp³-hybridized carbons (Fsp3) is 0.667. The molecule has 0 aliphatic carbocycles. The minimum Gasteiger partial charge on any atom is -0.497 e. The van der Waals surface area contributed by atoms with E-state index in [2.05, 4.69) is 4.90 Å². The Morgan fingerprint density at radius 3 is 2.48 bits per heavy atom. The fourth-order valence-corrected chi connectivity index (χ4v) is 5.19. The number of ether oxygens (including phenoxy) is 2. The first kappa shape index (κ1) is 22.1. The SMILES string of the molecule is COc1ccc2c(c1)CCCN2C(=O)CN1CCC(C(=O)N2CC(C)OC(C)C2)CC1. The summed E-state index contributed by atoms with van der Waals surface area (Å²) < 4.78 is 11.1. The van der Waals surface area contributed by atoms with Crippen LogP contribution in [0.5, 0.6) is 5.75 Å². The second-order valence-electron chi connectivity index (χ2n) is 9.19. The first-order chi connectivity index (χ1) is 14.9. The predicted octanol–water partition coefficient (Wildman–Crippen LogP) is 2.32. The van der Waals surface area contributed by atoms with Crippen LogP contribution in [0.3, 0.4) is 0 Å². The number of carbonyl (C=O) groups is 2. The van der Waals surface area contributed by atoms with Crippen molar-refractivity contribution in [1.82, 2.24) is 9.80 Å². The summed E-state index contributed by atoms with van der Waals surface area (Å²) in [5.41, 5.74) is 2.19. The van der Waals surface area contributed by atoms with Crippen molar-refractivity contribution in [1.29, 1.82) is 0 Å². The van der Waals surface area contributed by atoms with Gasteiger partial charge >= 0.3 is 0 Å². The number of hydrogen-bond acceptors (Lipinski definition) is 5. The Labute approximate surface area is 185 Å². The highest BCUT2D eigenvalue weighted by Gasteiger charge is 2.33. The van der Waals surface area contributed by atoms with Crippen LogP contribution >= 0.6 is 0 Å². The van der Waals surface area contributed by atoms with Crippen LogP contribution in [0.1, 0.15) is 38.7 Å². The van der Waals surface area contributed by atoms with E-state index in [1.54, 1.807) is 7.11 Å². The van der Waals surface area contributed by atoms with Crippen molar-refractivity contribution in [3.8, 4) is 5.75 Å². The molecule has 3 aliphatic rings. The Morgan fingerprint density at radius 2 is 1.81 bits per heavy atom. The highest BCUT2D eigenvalue weighted by molar-refractivity contribution is 5.96. The molecule has 170 valence electrons. The molecular formula is C24H35N3O4. The van der Waals surface area contributed by atoms with E-state index in [1.807, 2.05) is 41.8 Å². The third kappa shape index (κ3) is 5.04. The molecule has 7 nitrogen and oxygen atoms in total. The monoisotopic (exact) mass is 429 g/mol. The van der Waals surface area contributed by atoms with Crippen molar-refractivity contribution < 1.29 is 19.1 Å². The van der Waals surface area contributed by atoms with Gasteiger partial charge in [0.25, 0.3) is 0 Å². The molecule has 3 heterocycles. The number of methoxy groups -OCH3 is 1. The molecule has 0 saturated carbocycles. The quantitative estimate of drug-likeness (QED) is 0.735. The normalized spacial score (nSPS) is 25.3. The zero-order valence-corrected chi connectivity index (χ0v) is 19.0. The molecule has 0 N–H and O–H groups in total. The van der Waals surface area contributed by atoms with Crippen LogP contribution in [0.25, 0.3) is 0 Å². The summed E-state index contributed by atoms with van der Waals surface area (Å²) in [5.74, 6) is 1.30. The lowest BCUT2D eigenvalue weighted by Crippen LogP contribution is -2.52. The standard InChI is InChI=1S/C24H35N3O4/c1-17-14-26(15-18(2)31-17)24(29)19-8-11-25(12-9-19)16-23(28)27-10-4-5-20-13-21(30-3)6-7-22(20)27/h6-7,13,17-19H,4-5,8-12,14-16H2,1-3H3. The number of likely N-dealkylation sites (tertiary alicyclic amines) is 1. The molecule has 1 aromatic rings. The number of piperidine rings is 1. The molecule has 7 heteroatoms. The second-order valence-corrected chi connectivity index (χ2v) is 9.19. The summed E-state index contributed by atoms with van der Waals surface area (Å²) in [4.78, 5) is 32.2. The number of anilines is 1. The Balaban J connectivity index is 1.30. The maximum absolute atomic E-state index is 13.1. The van der Waals surface area contributed by atoms with Crippen LogP contribution < -0.4 is 9.64 Å². The Hall–Kier alpha value is -2.12. The van der Waals surface area contributed by atoms with Crippen molar-refractivity contribution in [2.45, 2.75) is 51.7 Å². The molecule has 2 amide bonds. The number of nitrogens with zero attached hydrogens (tertiary/aromatic N) is 3. The maximum Gasteiger partial charge on any atom is 0.241 e. The van der Waals surface area contributed by atoms with Gasteiger partial charge < -0.3 is 19.3 Å². The van der Waals surface area contributed by atoms with E-state index in [1.165, 1.54) is 5.56 Å². The van der Waals surface area contributed by atoms with Gasteiger partial charge in [0.2, 0.25) is 11.8 Å². The highest BCUT2D eigenvalue weighted by atomic mass is 16.5. The summed E-state index contributed by atoms with van der Waals surface area (Å²) in [6.07, 6.45) is 3.78. The molecule has 0 bridgehead atoms. The lowest BCUT2D eigenvalue weighted by Gasteiger charge is -2.39. The van der Waals surface area contributed by atoms with Gasteiger partial charge in [-0.25, -0.2) is 0 Å². The molecule has 31 heavy (non-hydrogen) atoms. The maximum atomic E-state index is 13.1. The van der Waals surface area contributed by atoms with Crippen LogP contribution in [0.4, 0.5) is 5.69 Å². The summed E-state index contributed by atoms with van der Waals surface area (Å²) in [6.45, 7) is 8.18. The summed E-state index contributed by atoms with van der Waals surface area (Å²) >= 11 is 0. The first-order valence-corrected chi connectivity index (χ1v) is 11.6. The molecule has 0 aromatic heterocycles. The average molecular weight is 430 g/mol. The average Bonchev–Trinajstić information content (AvgIpc) is 2.77. The van der Waals surface area contributed by atoms with Crippen LogP contribution in [0.15, 0.2) is 18.2 Å². The number of fused-ring (bicyclic) bond motifs is 1. The van der Waals surface area contributed by atoms with Gasteiger partial charge in [-0.15, -0.1) is 0 Å². The van der Waals surface area contributed by atoms with E-state index in [-0.39, 0.29) is 29.9 Å².